The summed E-state index contributed by atoms with van der Waals surface area (Å²) < 4.78 is 0. The molecule has 3 aromatic heterocycles. The highest BCUT2D eigenvalue weighted by Gasteiger charge is 2.14. The van der Waals surface area contributed by atoms with Gasteiger partial charge in [-0.2, -0.15) is 0 Å². The minimum absolute atomic E-state index is 0.681. The van der Waals surface area contributed by atoms with Gasteiger partial charge >= 0.3 is 0 Å². The number of rotatable bonds is 4. The molecule has 0 fully saturated rings. The van der Waals surface area contributed by atoms with Crippen molar-refractivity contribution in [3.63, 3.8) is 0 Å². The lowest BCUT2D eigenvalue weighted by Crippen LogP contribution is -2.23. The van der Waals surface area contributed by atoms with Crippen molar-refractivity contribution in [3.05, 3.63) is 30.9 Å². The van der Waals surface area contributed by atoms with Gasteiger partial charge in [0, 0.05) is 31.0 Å². The molecule has 0 aliphatic rings. The van der Waals surface area contributed by atoms with E-state index in [0.717, 1.165) is 35.8 Å². The van der Waals surface area contributed by atoms with E-state index in [1.165, 1.54) is 0 Å². The van der Waals surface area contributed by atoms with Crippen LogP contribution in [0.25, 0.3) is 22.6 Å². The predicted molar refractivity (Wildman–Crippen MR) is 78.5 cm³/mol. The lowest BCUT2D eigenvalue weighted by molar-refractivity contribution is 0.847. The molecule has 0 saturated carbocycles. The molecule has 0 bridgehead atoms. The maximum Gasteiger partial charge on any atom is 0.183 e. The van der Waals surface area contributed by atoms with Gasteiger partial charge < -0.3 is 9.88 Å². The molecule has 0 aliphatic carbocycles. The van der Waals surface area contributed by atoms with Gasteiger partial charge in [0.1, 0.15) is 17.7 Å². The number of aromatic amines is 1. The van der Waals surface area contributed by atoms with Crippen molar-refractivity contribution < 1.29 is 0 Å². The van der Waals surface area contributed by atoms with Crippen LogP contribution in [0.1, 0.15) is 13.8 Å². The van der Waals surface area contributed by atoms with Gasteiger partial charge in [0.05, 0.1) is 0 Å². The fourth-order valence-corrected chi connectivity index (χ4v) is 2.22. The summed E-state index contributed by atoms with van der Waals surface area (Å²) in [6.45, 7) is 6.00. The summed E-state index contributed by atoms with van der Waals surface area (Å²) >= 11 is 0. The highest BCUT2D eigenvalue weighted by molar-refractivity contribution is 5.85. The van der Waals surface area contributed by atoms with E-state index in [2.05, 4.69) is 43.7 Å². The Bertz CT molecular complexity index is 702. The van der Waals surface area contributed by atoms with Crippen LogP contribution in [-0.4, -0.2) is 38.0 Å². The smallest absolute Gasteiger partial charge is 0.183 e. The third-order valence-electron chi connectivity index (χ3n) is 3.27. The first-order valence-corrected chi connectivity index (χ1v) is 6.69. The Morgan fingerprint density at radius 2 is 2.05 bits per heavy atom. The minimum Gasteiger partial charge on any atom is -0.355 e. The summed E-state index contributed by atoms with van der Waals surface area (Å²) in [6, 6.07) is 3.86. The van der Waals surface area contributed by atoms with E-state index in [0.29, 0.717) is 5.65 Å². The first-order valence-electron chi connectivity index (χ1n) is 6.69. The van der Waals surface area contributed by atoms with E-state index in [-0.39, 0.29) is 0 Å². The zero-order valence-corrected chi connectivity index (χ0v) is 11.5. The fraction of sp³-hybridized carbons (Fsp3) is 0.286. The maximum atomic E-state index is 4.52. The van der Waals surface area contributed by atoms with Crippen LogP contribution >= 0.6 is 0 Å². The molecular weight excluding hydrogens is 252 g/mol. The van der Waals surface area contributed by atoms with E-state index in [9.17, 15) is 0 Å². The highest BCUT2D eigenvalue weighted by atomic mass is 15.2. The molecule has 0 spiro atoms. The van der Waals surface area contributed by atoms with Crippen LogP contribution in [-0.2, 0) is 0 Å². The van der Waals surface area contributed by atoms with Gasteiger partial charge in [-0.1, -0.05) is 0 Å². The number of nitrogens with zero attached hydrogens (tertiary/aromatic N) is 5. The van der Waals surface area contributed by atoms with E-state index in [1.54, 1.807) is 18.7 Å². The number of anilines is 1. The topological polar surface area (TPSA) is 70.6 Å². The number of aromatic nitrogens is 5. The number of hydrogen-bond acceptors (Lipinski definition) is 5. The Kier molecular flexibility index (Phi) is 3.28. The number of nitrogens with one attached hydrogen (secondary N) is 1. The normalized spacial score (nSPS) is 10.9. The molecule has 0 saturated heterocycles. The number of hydrogen-bond donors (Lipinski definition) is 1. The molecule has 102 valence electrons. The van der Waals surface area contributed by atoms with Gasteiger partial charge in [0.2, 0.25) is 0 Å². The van der Waals surface area contributed by atoms with Crippen LogP contribution in [0, 0.1) is 0 Å². The summed E-state index contributed by atoms with van der Waals surface area (Å²) in [5.74, 6) is 1.66. The van der Waals surface area contributed by atoms with Crippen molar-refractivity contribution >= 4 is 17.0 Å². The van der Waals surface area contributed by atoms with Crippen LogP contribution in [0.2, 0.25) is 0 Å². The standard InChI is InChI=1S/C14H16N6/c1-3-20(4-2)14-11-13(16-9-17-14)19-12(18-11)10-6-5-7-15-8-10/h5-9H,3-4H2,1-2H3,(H,16,17,18,19). The molecule has 6 heteroatoms. The summed E-state index contributed by atoms with van der Waals surface area (Å²) in [5.41, 5.74) is 2.49. The van der Waals surface area contributed by atoms with Gasteiger partial charge in [-0.05, 0) is 26.0 Å². The molecule has 3 heterocycles. The Morgan fingerprint density at radius 1 is 1.20 bits per heavy atom. The van der Waals surface area contributed by atoms with Gasteiger partial charge in [0.25, 0.3) is 0 Å². The molecule has 0 atom stereocenters. The van der Waals surface area contributed by atoms with Crippen LogP contribution in [0.15, 0.2) is 30.9 Å². The summed E-state index contributed by atoms with van der Waals surface area (Å²) in [4.78, 5) is 22.7. The molecule has 0 aromatic carbocycles. The summed E-state index contributed by atoms with van der Waals surface area (Å²) in [5, 5.41) is 0. The van der Waals surface area contributed by atoms with Gasteiger partial charge in [-0.3, -0.25) is 4.98 Å². The number of pyridine rings is 1. The molecule has 20 heavy (non-hydrogen) atoms. The Morgan fingerprint density at radius 3 is 2.75 bits per heavy atom. The maximum absolute atomic E-state index is 4.52. The Balaban J connectivity index is 2.14. The van der Waals surface area contributed by atoms with Gasteiger partial charge in [-0.15, -0.1) is 0 Å². The molecule has 6 nitrogen and oxygen atoms in total. The van der Waals surface area contributed by atoms with Gasteiger partial charge in [0.15, 0.2) is 11.5 Å². The monoisotopic (exact) mass is 268 g/mol. The summed E-state index contributed by atoms with van der Waals surface area (Å²) in [6.07, 6.45) is 5.08. The first kappa shape index (κ1) is 12.5. The Hall–Kier alpha value is -2.50. The average Bonchev–Trinajstić information content (AvgIpc) is 2.94. The van der Waals surface area contributed by atoms with Crippen LogP contribution in [0.3, 0.4) is 0 Å². The fourth-order valence-electron chi connectivity index (χ4n) is 2.22. The third kappa shape index (κ3) is 2.09. The van der Waals surface area contributed by atoms with Crippen molar-refractivity contribution in [1.82, 2.24) is 24.9 Å². The zero-order chi connectivity index (χ0) is 13.9. The Labute approximate surface area is 116 Å². The lowest BCUT2D eigenvalue weighted by Gasteiger charge is -2.19. The second kappa shape index (κ2) is 5.24. The van der Waals surface area contributed by atoms with E-state index in [1.807, 2.05) is 12.1 Å². The predicted octanol–water partition coefficient (Wildman–Crippen LogP) is 2.26. The number of imidazole rings is 1. The first-order chi connectivity index (χ1) is 9.83. The second-order valence-corrected chi connectivity index (χ2v) is 4.40. The SMILES string of the molecule is CCN(CC)c1ncnc2nc(-c3cccnc3)[nH]c12. The minimum atomic E-state index is 0.681. The van der Waals surface area contributed by atoms with Crippen molar-refractivity contribution in [1.29, 1.82) is 0 Å². The number of H-pyrrole nitrogens is 1. The van der Waals surface area contributed by atoms with E-state index < -0.39 is 0 Å². The molecule has 0 radical (unpaired) electrons. The molecule has 0 amide bonds. The zero-order valence-electron chi connectivity index (χ0n) is 11.5. The van der Waals surface area contributed by atoms with Crippen molar-refractivity contribution in [2.45, 2.75) is 13.8 Å². The highest BCUT2D eigenvalue weighted by Crippen LogP contribution is 2.24. The van der Waals surface area contributed by atoms with Gasteiger partial charge in [-0.25, -0.2) is 15.0 Å². The molecule has 0 unspecified atom stereocenters. The molecular formula is C14H16N6. The van der Waals surface area contributed by atoms with E-state index in [4.69, 9.17) is 0 Å². The van der Waals surface area contributed by atoms with Crippen molar-refractivity contribution in [2.24, 2.45) is 0 Å². The van der Waals surface area contributed by atoms with Crippen molar-refractivity contribution in [3.8, 4) is 11.4 Å². The molecule has 3 rings (SSSR count). The number of fused-ring (bicyclic) bond motifs is 1. The third-order valence-corrected chi connectivity index (χ3v) is 3.27. The van der Waals surface area contributed by atoms with E-state index >= 15 is 0 Å². The quantitative estimate of drug-likeness (QED) is 0.786. The molecule has 1 N–H and O–H groups in total. The summed E-state index contributed by atoms with van der Waals surface area (Å²) in [7, 11) is 0. The largest absolute Gasteiger partial charge is 0.355 e. The van der Waals surface area contributed by atoms with Crippen molar-refractivity contribution in [2.75, 3.05) is 18.0 Å². The van der Waals surface area contributed by atoms with Crippen LogP contribution in [0.4, 0.5) is 5.82 Å². The second-order valence-electron chi connectivity index (χ2n) is 4.40. The van der Waals surface area contributed by atoms with Crippen LogP contribution in [0.5, 0.6) is 0 Å². The molecule has 3 aromatic rings. The average molecular weight is 268 g/mol. The lowest BCUT2D eigenvalue weighted by atomic mass is 10.3. The molecule has 0 aliphatic heterocycles. The van der Waals surface area contributed by atoms with Crippen LogP contribution < -0.4 is 4.90 Å².